The van der Waals surface area contributed by atoms with Gasteiger partial charge >= 0.3 is 5.97 Å². The Morgan fingerprint density at radius 1 is 1.47 bits per heavy atom. The summed E-state index contributed by atoms with van der Waals surface area (Å²) in [6.45, 7) is 6.07. The van der Waals surface area contributed by atoms with Gasteiger partial charge in [-0.1, -0.05) is 25.2 Å². The number of aromatic nitrogens is 1. The predicted octanol–water partition coefficient (Wildman–Crippen LogP) is 2.47. The Bertz CT molecular complexity index is 319. The first-order valence-corrected chi connectivity index (χ1v) is 5.94. The number of nitrogens with zero attached hydrogens (tertiary/aromatic N) is 2. The lowest BCUT2D eigenvalue weighted by atomic mass is 10.4. The number of carboxylic acid groups (broad SMARTS) is 1. The van der Waals surface area contributed by atoms with Gasteiger partial charge in [-0.25, -0.2) is 9.78 Å². The quantitative estimate of drug-likeness (QED) is 0.812. The van der Waals surface area contributed by atoms with Crippen LogP contribution >= 0.6 is 11.3 Å². The van der Waals surface area contributed by atoms with Gasteiger partial charge in [0.1, 0.15) is 4.88 Å². The van der Waals surface area contributed by atoms with Gasteiger partial charge in [0, 0.05) is 13.1 Å². The third kappa shape index (κ3) is 3.20. The Hall–Kier alpha value is -1.10. The lowest BCUT2D eigenvalue weighted by molar-refractivity contribution is 0.0702. The highest BCUT2D eigenvalue weighted by atomic mass is 32.1. The molecule has 0 aliphatic heterocycles. The molecular formula is C10H16N2O2S. The average Bonchev–Trinajstić information content (AvgIpc) is 2.66. The molecule has 1 N–H and O–H groups in total. The molecule has 0 aliphatic rings. The highest BCUT2D eigenvalue weighted by Gasteiger charge is 2.12. The lowest BCUT2D eigenvalue weighted by Crippen LogP contribution is -2.24. The molecule has 15 heavy (non-hydrogen) atoms. The maximum absolute atomic E-state index is 10.7. The van der Waals surface area contributed by atoms with Gasteiger partial charge in [0.2, 0.25) is 0 Å². The van der Waals surface area contributed by atoms with E-state index in [1.807, 2.05) is 0 Å². The van der Waals surface area contributed by atoms with E-state index in [0.29, 0.717) is 4.88 Å². The Morgan fingerprint density at radius 2 is 2.07 bits per heavy atom. The summed E-state index contributed by atoms with van der Waals surface area (Å²) in [4.78, 5) is 17.3. The molecule has 0 radical (unpaired) electrons. The van der Waals surface area contributed by atoms with Crippen LogP contribution in [0.4, 0.5) is 5.13 Å². The van der Waals surface area contributed by atoms with Crippen molar-refractivity contribution in [2.45, 2.75) is 26.7 Å². The first-order valence-electron chi connectivity index (χ1n) is 5.13. The van der Waals surface area contributed by atoms with Crippen LogP contribution in [-0.4, -0.2) is 29.1 Å². The van der Waals surface area contributed by atoms with Crippen molar-refractivity contribution in [3.8, 4) is 0 Å². The molecular weight excluding hydrogens is 212 g/mol. The van der Waals surface area contributed by atoms with Crippen molar-refractivity contribution in [1.82, 2.24) is 4.98 Å². The molecule has 0 aliphatic carbocycles. The summed E-state index contributed by atoms with van der Waals surface area (Å²) in [6.07, 6.45) is 3.52. The second kappa shape index (κ2) is 5.70. The van der Waals surface area contributed by atoms with Crippen molar-refractivity contribution < 1.29 is 9.90 Å². The molecule has 0 saturated carbocycles. The Labute approximate surface area is 93.6 Å². The molecule has 0 atom stereocenters. The molecule has 0 unspecified atom stereocenters. The van der Waals surface area contributed by atoms with Gasteiger partial charge in [-0.2, -0.15) is 0 Å². The van der Waals surface area contributed by atoms with Crippen molar-refractivity contribution in [3.05, 3.63) is 11.1 Å². The Kier molecular flexibility index (Phi) is 4.55. The predicted molar refractivity (Wildman–Crippen MR) is 61.9 cm³/mol. The topological polar surface area (TPSA) is 53.4 Å². The maximum atomic E-state index is 10.7. The number of hydrogen-bond donors (Lipinski definition) is 1. The first kappa shape index (κ1) is 12.0. The molecule has 0 bridgehead atoms. The second-order valence-electron chi connectivity index (χ2n) is 3.30. The van der Waals surface area contributed by atoms with Crippen LogP contribution in [0, 0.1) is 0 Å². The minimum absolute atomic E-state index is 0.308. The Morgan fingerprint density at radius 3 is 2.47 bits per heavy atom. The van der Waals surface area contributed by atoms with Crippen molar-refractivity contribution >= 4 is 22.4 Å². The summed E-state index contributed by atoms with van der Waals surface area (Å²) >= 11 is 1.24. The highest BCUT2D eigenvalue weighted by Crippen LogP contribution is 2.22. The highest BCUT2D eigenvalue weighted by molar-refractivity contribution is 7.17. The number of thiazole rings is 1. The van der Waals surface area contributed by atoms with E-state index in [2.05, 4.69) is 23.7 Å². The van der Waals surface area contributed by atoms with E-state index >= 15 is 0 Å². The third-order valence-electron chi connectivity index (χ3n) is 1.96. The monoisotopic (exact) mass is 228 g/mol. The van der Waals surface area contributed by atoms with Gasteiger partial charge in [0.05, 0.1) is 6.20 Å². The summed E-state index contributed by atoms with van der Waals surface area (Å²) in [5, 5.41) is 9.61. The third-order valence-corrected chi connectivity index (χ3v) is 3.01. The van der Waals surface area contributed by atoms with E-state index in [-0.39, 0.29) is 0 Å². The summed E-state index contributed by atoms with van der Waals surface area (Å²) in [5.74, 6) is -0.897. The van der Waals surface area contributed by atoms with E-state index in [1.54, 1.807) is 0 Å². The van der Waals surface area contributed by atoms with Gasteiger partial charge in [0.15, 0.2) is 5.13 Å². The van der Waals surface area contributed by atoms with Crippen molar-refractivity contribution in [1.29, 1.82) is 0 Å². The number of hydrogen-bond acceptors (Lipinski definition) is 4. The molecule has 0 fully saturated rings. The van der Waals surface area contributed by atoms with E-state index in [9.17, 15) is 4.79 Å². The normalized spacial score (nSPS) is 10.3. The fraction of sp³-hybridized carbons (Fsp3) is 0.600. The summed E-state index contributed by atoms with van der Waals surface area (Å²) in [5.41, 5.74) is 0. The number of aromatic carboxylic acids is 1. The molecule has 1 heterocycles. The first-order chi connectivity index (χ1) is 7.19. The van der Waals surface area contributed by atoms with Crippen molar-refractivity contribution in [2.75, 3.05) is 18.0 Å². The zero-order valence-corrected chi connectivity index (χ0v) is 9.88. The maximum Gasteiger partial charge on any atom is 0.347 e. The van der Waals surface area contributed by atoms with Gasteiger partial charge in [-0.05, 0) is 12.8 Å². The minimum atomic E-state index is -0.897. The van der Waals surface area contributed by atoms with E-state index in [4.69, 9.17) is 5.11 Å². The summed E-state index contributed by atoms with van der Waals surface area (Å²) in [6, 6.07) is 0. The number of anilines is 1. The molecule has 1 rings (SSSR count). The van der Waals surface area contributed by atoms with Crippen LogP contribution < -0.4 is 4.90 Å². The molecule has 5 heteroatoms. The van der Waals surface area contributed by atoms with Gasteiger partial charge in [-0.3, -0.25) is 0 Å². The number of carbonyl (C=O) groups is 1. The zero-order valence-electron chi connectivity index (χ0n) is 9.06. The van der Waals surface area contributed by atoms with Crippen LogP contribution in [-0.2, 0) is 0 Å². The van der Waals surface area contributed by atoms with Crippen LogP contribution in [0.3, 0.4) is 0 Å². The van der Waals surface area contributed by atoms with Crippen LogP contribution in [0.5, 0.6) is 0 Å². The van der Waals surface area contributed by atoms with Gasteiger partial charge in [0.25, 0.3) is 0 Å². The van der Waals surface area contributed by atoms with E-state index in [0.717, 1.165) is 31.1 Å². The van der Waals surface area contributed by atoms with Crippen molar-refractivity contribution in [3.63, 3.8) is 0 Å². The number of carboxylic acids is 1. The Balaban J connectivity index is 2.76. The largest absolute Gasteiger partial charge is 0.477 e. The van der Waals surface area contributed by atoms with Gasteiger partial charge < -0.3 is 10.0 Å². The van der Waals surface area contributed by atoms with E-state index < -0.39 is 5.97 Å². The standard InChI is InChI=1S/C10H16N2O2S/c1-3-5-12(6-4-2)10-11-7-8(15-10)9(13)14/h7H,3-6H2,1-2H3,(H,13,14). The molecule has 0 saturated heterocycles. The molecule has 0 amide bonds. The molecule has 84 valence electrons. The SMILES string of the molecule is CCCN(CCC)c1ncc(C(=O)O)s1. The average molecular weight is 228 g/mol. The smallest absolute Gasteiger partial charge is 0.347 e. The fourth-order valence-electron chi connectivity index (χ4n) is 1.35. The fourth-order valence-corrected chi connectivity index (χ4v) is 2.16. The van der Waals surface area contributed by atoms with Crippen molar-refractivity contribution in [2.24, 2.45) is 0 Å². The number of rotatable bonds is 6. The van der Waals surface area contributed by atoms with Crippen LogP contribution in [0.15, 0.2) is 6.20 Å². The minimum Gasteiger partial charge on any atom is -0.477 e. The molecule has 0 aromatic carbocycles. The van der Waals surface area contributed by atoms with E-state index in [1.165, 1.54) is 17.5 Å². The zero-order chi connectivity index (χ0) is 11.3. The summed E-state index contributed by atoms with van der Waals surface area (Å²) in [7, 11) is 0. The summed E-state index contributed by atoms with van der Waals surface area (Å²) < 4.78 is 0. The van der Waals surface area contributed by atoms with Crippen LogP contribution in [0.25, 0.3) is 0 Å². The molecule has 0 spiro atoms. The second-order valence-corrected chi connectivity index (χ2v) is 4.31. The molecule has 1 aromatic rings. The van der Waals surface area contributed by atoms with Gasteiger partial charge in [-0.15, -0.1) is 0 Å². The lowest BCUT2D eigenvalue weighted by Gasteiger charge is -2.19. The molecule has 4 nitrogen and oxygen atoms in total. The van der Waals surface area contributed by atoms with Crippen LogP contribution in [0.2, 0.25) is 0 Å². The van der Waals surface area contributed by atoms with Crippen LogP contribution in [0.1, 0.15) is 36.4 Å². The molecule has 1 aromatic heterocycles.